The lowest BCUT2D eigenvalue weighted by atomic mass is 10.0. The molecule has 51 heavy (non-hydrogen) atoms. The Labute approximate surface area is 312 Å². The van der Waals surface area contributed by atoms with Crippen LogP contribution in [0.1, 0.15) is 200 Å². The summed E-state index contributed by atoms with van der Waals surface area (Å²) in [6, 6.07) is 0. The summed E-state index contributed by atoms with van der Waals surface area (Å²) in [6.45, 7) is 3.64. The molecule has 2 N–H and O–H groups in total. The number of carbonyl (C=O) groups excluding carboxylic acids is 2. The van der Waals surface area contributed by atoms with Gasteiger partial charge in [-0.1, -0.05) is 172 Å². The maximum atomic E-state index is 12.4. The van der Waals surface area contributed by atoms with Crippen LogP contribution in [-0.4, -0.2) is 41.0 Å². The third-order valence-corrected chi connectivity index (χ3v) is 9.40. The van der Waals surface area contributed by atoms with Gasteiger partial charge in [0.2, 0.25) is 0 Å². The Morgan fingerprint density at radius 1 is 0.510 bits per heavy atom. The second-order valence-corrected chi connectivity index (χ2v) is 15.2. The van der Waals surface area contributed by atoms with Crippen molar-refractivity contribution in [1.82, 2.24) is 0 Å². The van der Waals surface area contributed by atoms with E-state index in [-0.39, 0.29) is 19.4 Å². The van der Waals surface area contributed by atoms with E-state index in [1.54, 1.807) is 0 Å². The van der Waals surface area contributed by atoms with Gasteiger partial charge in [0.05, 0.1) is 6.61 Å². The Morgan fingerprint density at radius 3 is 1.35 bits per heavy atom. The highest BCUT2D eigenvalue weighted by molar-refractivity contribution is 7.46. The Balaban J connectivity index is 3.95. The molecule has 0 aromatic heterocycles. The highest BCUT2D eigenvalue weighted by Crippen LogP contribution is 2.36. The van der Waals surface area contributed by atoms with Gasteiger partial charge in [0.25, 0.3) is 0 Å². The molecule has 0 bridgehead atoms. The second kappa shape index (κ2) is 38.0. The first-order valence-electron chi connectivity index (χ1n) is 20.8. The molecular formula is C42H77O8P. The molecule has 0 saturated heterocycles. The Kier molecular flexibility index (Phi) is 36.7. The lowest BCUT2D eigenvalue weighted by molar-refractivity contribution is -0.161. The van der Waals surface area contributed by atoms with Crippen molar-refractivity contribution in [2.75, 3.05) is 13.2 Å². The zero-order chi connectivity index (χ0) is 37.5. The van der Waals surface area contributed by atoms with Crippen molar-refractivity contribution in [2.24, 2.45) is 0 Å². The normalized spacial score (nSPS) is 12.8. The zero-order valence-corrected chi connectivity index (χ0v) is 33.6. The van der Waals surface area contributed by atoms with E-state index in [1.165, 1.54) is 109 Å². The van der Waals surface area contributed by atoms with E-state index in [1.807, 2.05) is 0 Å². The fourth-order valence-corrected chi connectivity index (χ4v) is 6.15. The largest absolute Gasteiger partial charge is 0.469 e. The molecule has 0 aliphatic carbocycles. The molecule has 0 aromatic carbocycles. The number of phosphoric ester groups is 1. The van der Waals surface area contributed by atoms with Gasteiger partial charge in [0.15, 0.2) is 6.10 Å². The average Bonchev–Trinajstić information content (AvgIpc) is 3.10. The summed E-state index contributed by atoms with van der Waals surface area (Å²) < 4.78 is 26.3. The van der Waals surface area contributed by atoms with Gasteiger partial charge in [-0.2, -0.15) is 0 Å². The van der Waals surface area contributed by atoms with Crippen molar-refractivity contribution in [3.8, 4) is 0 Å². The lowest BCUT2D eigenvalue weighted by Gasteiger charge is -2.18. The molecule has 298 valence electrons. The Bertz CT molecular complexity index is 926. The minimum Gasteiger partial charge on any atom is -0.462 e. The van der Waals surface area contributed by atoms with Crippen molar-refractivity contribution in [1.29, 1.82) is 0 Å². The molecule has 0 aliphatic heterocycles. The van der Waals surface area contributed by atoms with E-state index in [0.717, 1.165) is 51.4 Å². The molecule has 0 heterocycles. The van der Waals surface area contributed by atoms with Crippen LogP contribution in [0.3, 0.4) is 0 Å². The van der Waals surface area contributed by atoms with Crippen LogP contribution in [0.2, 0.25) is 0 Å². The fraction of sp³-hybridized carbons (Fsp3) is 0.810. The first kappa shape index (κ1) is 49.3. The van der Waals surface area contributed by atoms with Crippen LogP contribution in [0.15, 0.2) is 36.5 Å². The summed E-state index contributed by atoms with van der Waals surface area (Å²) in [4.78, 5) is 42.8. The Hall–Kier alpha value is -1.73. The predicted octanol–water partition coefficient (Wildman–Crippen LogP) is 12.6. The number of carbonyl (C=O) groups is 2. The van der Waals surface area contributed by atoms with E-state index < -0.39 is 32.5 Å². The van der Waals surface area contributed by atoms with Gasteiger partial charge in [0.1, 0.15) is 6.61 Å². The summed E-state index contributed by atoms with van der Waals surface area (Å²) in [5.74, 6) is -0.923. The average molecular weight is 741 g/mol. The molecule has 0 rings (SSSR count). The maximum Gasteiger partial charge on any atom is 0.469 e. The van der Waals surface area contributed by atoms with Crippen LogP contribution in [0.5, 0.6) is 0 Å². The first-order chi connectivity index (χ1) is 24.8. The standard InChI is InChI=1S/C42H77O8P/c1-3-5-7-9-11-13-15-17-19-20-21-23-25-27-29-31-33-35-37-42(44)50-40(39-49-51(45,46)47)38-48-41(43)36-34-32-30-28-26-24-22-18-16-14-12-10-8-6-4-2/h12,14,18,22,26,28,40H,3-11,13,15-17,19-21,23-25,27,29-39H2,1-2H3,(H2,45,46,47)/b14-12+,22-18+,28-26+/t40-/m1/s1. The maximum absolute atomic E-state index is 12.4. The van der Waals surface area contributed by atoms with Gasteiger partial charge >= 0.3 is 19.8 Å². The summed E-state index contributed by atoms with van der Waals surface area (Å²) in [5, 5.41) is 0. The summed E-state index contributed by atoms with van der Waals surface area (Å²) in [5.41, 5.74) is 0. The number of rotatable bonds is 38. The van der Waals surface area contributed by atoms with Crippen molar-refractivity contribution >= 4 is 19.8 Å². The molecule has 0 saturated carbocycles. The highest BCUT2D eigenvalue weighted by atomic mass is 31.2. The number of allylic oxidation sites excluding steroid dienone is 6. The van der Waals surface area contributed by atoms with Crippen molar-refractivity contribution in [2.45, 2.75) is 206 Å². The number of esters is 2. The van der Waals surface area contributed by atoms with E-state index >= 15 is 0 Å². The summed E-state index contributed by atoms with van der Waals surface area (Å²) in [6.07, 6.45) is 44.4. The van der Waals surface area contributed by atoms with Gasteiger partial charge < -0.3 is 19.3 Å². The quantitative estimate of drug-likeness (QED) is 0.0278. The molecule has 0 spiro atoms. The fourth-order valence-electron chi connectivity index (χ4n) is 5.79. The SMILES string of the molecule is CCCCC/C=C/C/C=C/C/C=C/CCCCC(=O)OC[C@H](COP(=O)(O)O)OC(=O)CCCCCCCCCCCCCCCCCCCC. The summed E-state index contributed by atoms with van der Waals surface area (Å²) in [7, 11) is -4.76. The first-order valence-corrected chi connectivity index (χ1v) is 22.3. The van der Waals surface area contributed by atoms with Crippen LogP contribution in [0.25, 0.3) is 0 Å². The van der Waals surface area contributed by atoms with Gasteiger partial charge in [0, 0.05) is 12.8 Å². The monoisotopic (exact) mass is 741 g/mol. The third-order valence-electron chi connectivity index (χ3n) is 8.91. The molecule has 9 heteroatoms. The zero-order valence-electron chi connectivity index (χ0n) is 32.8. The van der Waals surface area contributed by atoms with Crippen LogP contribution >= 0.6 is 7.82 Å². The lowest BCUT2D eigenvalue weighted by Crippen LogP contribution is -2.29. The molecule has 0 unspecified atom stereocenters. The van der Waals surface area contributed by atoms with Crippen molar-refractivity contribution < 1.29 is 37.9 Å². The van der Waals surface area contributed by atoms with Gasteiger partial charge in [-0.25, -0.2) is 4.57 Å². The van der Waals surface area contributed by atoms with Gasteiger partial charge in [-0.05, 0) is 51.4 Å². The van der Waals surface area contributed by atoms with E-state index in [4.69, 9.17) is 19.3 Å². The predicted molar refractivity (Wildman–Crippen MR) is 211 cm³/mol. The second-order valence-electron chi connectivity index (χ2n) is 14.0. The minimum atomic E-state index is -4.76. The van der Waals surface area contributed by atoms with Gasteiger partial charge in [-0.15, -0.1) is 0 Å². The Morgan fingerprint density at radius 2 is 0.882 bits per heavy atom. The summed E-state index contributed by atoms with van der Waals surface area (Å²) >= 11 is 0. The smallest absolute Gasteiger partial charge is 0.462 e. The third kappa shape index (κ3) is 40.9. The molecular weight excluding hydrogens is 663 g/mol. The molecule has 0 aliphatic rings. The number of hydrogen-bond acceptors (Lipinski definition) is 6. The molecule has 0 fully saturated rings. The van der Waals surface area contributed by atoms with Crippen molar-refractivity contribution in [3.05, 3.63) is 36.5 Å². The highest BCUT2D eigenvalue weighted by Gasteiger charge is 2.22. The van der Waals surface area contributed by atoms with Crippen molar-refractivity contribution in [3.63, 3.8) is 0 Å². The van der Waals surface area contributed by atoms with Crippen LogP contribution in [0, 0.1) is 0 Å². The topological polar surface area (TPSA) is 119 Å². The number of ether oxygens (including phenoxy) is 2. The number of phosphoric acid groups is 1. The number of hydrogen-bond donors (Lipinski definition) is 2. The molecule has 0 aromatic rings. The molecule has 8 nitrogen and oxygen atoms in total. The molecule has 0 amide bonds. The molecule has 1 atom stereocenters. The minimum absolute atomic E-state index is 0.207. The van der Waals surface area contributed by atoms with Crippen LogP contribution < -0.4 is 0 Å². The number of unbranched alkanes of at least 4 members (excludes halogenated alkanes) is 22. The van der Waals surface area contributed by atoms with Crippen LogP contribution in [0.4, 0.5) is 0 Å². The van der Waals surface area contributed by atoms with Crippen LogP contribution in [-0.2, 0) is 28.2 Å². The van der Waals surface area contributed by atoms with E-state index in [0.29, 0.717) is 12.8 Å². The van der Waals surface area contributed by atoms with Gasteiger partial charge in [-0.3, -0.25) is 14.1 Å². The van der Waals surface area contributed by atoms with E-state index in [2.05, 4.69) is 54.8 Å². The van der Waals surface area contributed by atoms with E-state index in [9.17, 15) is 14.2 Å². The molecule has 0 radical (unpaired) electrons.